The Balaban J connectivity index is 1.64. The molecule has 3 nitrogen and oxygen atoms in total. The fourth-order valence-electron chi connectivity index (χ4n) is 2.95. The first-order chi connectivity index (χ1) is 10.7. The molecule has 0 spiro atoms. The average Bonchev–Trinajstić information content (AvgIpc) is 3.22. The molecule has 1 heterocycles. The van der Waals surface area contributed by atoms with Crippen molar-refractivity contribution in [1.82, 2.24) is 5.32 Å². The number of aliphatic hydroxyl groups excluding tert-OH is 1. The second kappa shape index (κ2) is 6.63. The van der Waals surface area contributed by atoms with Crippen LogP contribution in [0.4, 0.5) is 0 Å². The molecule has 0 aliphatic heterocycles. The summed E-state index contributed by atoms with van der Waals surface area (Å²) in [5.74, 6) is 0.577. The van der Waals surface area contributed by atoms with Gasteiger partial charge in [-0.05, 0) is 42.3 Å². The van der Waals surface area contributed by atoms with Gasteiger partial charge in [0.15, 0.2) is 0 Å². The molecule has 116 valence electrons. The Morgan fingerprint density at radius 3 is 2.77 bits per heavy atom. The van der Waals surface area contributed by atoms with E-state index < -0.39 is 0 Å². The zero-order valence-corrected chi connectivity index (χ0v) is 13.5. The van der Waals surface area contributed by atoms with Gasteiger partial charge in [-0.2, -0.15) is 0 Å². The van der Waals surface area contributed by atoms with Crippen LogP contribution >= 0.6 is 11.3 Å². The molecule has 1 aromatic carbocycles. The van der Waals surface area contributed by atoms with Gasteiger partial charge in [-0.15, -0.1) is 11.3 Å². The van der Waals surface area contributed by atoms with Crippen LogP contribution in [0.15, 0.2) is 41.8 Å². The molecule has 3 rings (SSSR count). The minimum absolute atomic E-state index is 0.0674. The standard InChI is InChI=1S/C18H21NO2S/c1-12-8-10-22-17(12)14-11-15(14)18(21)19-16(7-9-20)13-5-3-2-4-6-13/h2-6,8,10,14-16,20H,7,9,11H2,1H3,(H,19,21). The Morgan fingerprint density at radius 1 is 1.36 bits per heavy atom. The summed E-state index contributed by atoms with van der Waals surface area (Å²) in [6.45, 7) is 2.18. The highest BCUT2D eigenvalue weighted by Crippen LogP contribution is 2.50. The van der Waals surface area contributed by atoms with E-state index in [1.165, 1.54) is 10.4 Å². The van der Waals surface area contributed by atoms with Crippen LogP contribution in [0.5, 0.6) is 0 Å². The summed E-state index contributed by atoms with van der Waals surface area (Å²) < 4.78 is 0. The Labute approximate surface area is 135 Å². The van der Waals surface area contributed by atoms with Crippen LogP contribution in [0.25, 0.3) is 0 Å². The van der Waals surface area contributed by atoms with Gasteiger partial charge in [-0.1, -0.05) is 30.3 Å². The number of amides is 1. The van der Waals surface area contributed by atoms with Crippen molar-refractivity contribution in [3.8, 4) is 0 Å². The fraction of sp³-hybridized carbons (Fsp3) is 0.389. The van der Waals surface area contributed by atoms with E-state index in [2.05, 4.69) is 23.7 Å². The molecule has 1 amide bonds. The van der Waals surface area contributed by atoms with Crippen LogP contribution < -0.4 is 5.32 Å². The molecule has 0 radical (unpaired) electrons. The molecule has 1 aliphatic carbocycles. The van der Waals surface area contributed by atoms with Gasteiger partial charge in [0.05, 0.1) is 6.04 Å². The van der Waals surface area contributed by atoms with Crippen LogP contribution in [0, 0.1) is 12.8 Å². The average molecular weight is 315 g/mol. The minimum atomic E-state index is -0.107. The molecule has 0 bridgehead atoms. The van der Waals surface area contributed by atoms with E-state index in [9.17, 15) is 9.90 Å². The zero-order chi connectivity index (χ0) is 15.5. The molecular formula is C18H21NO2S. The van der Waals surface area contributed by atoms with E-state index in [1.54, 1.807) is 11.3 Å². The summed E-state index contributed by atoms with van der Waals surface area (Å²) in [5.41, 5.74) is 2.34. The van der Waals surface area contributed by atoms with Crippen molar-refractivity contribution in [3.63, 3.8) is 0 Å². The number of thiophene rings is 1. The molecule has 1 fully saturated rings. The summed E-state index contributed by atoms with van der Waals surface area (Å²) in [6.07, 6.45) is 1.49. The van der Waals surface area contributed by atoms with Crippen molar-refractivity contribution in [2.75, 3.05) is 6.61 Å². The lowest BCUT2D eigenvalue weighted by Gasteiger charge is -2.18. The summed E-state index contributed by atoms with van der Waals surface area (Å²) in [4.78, 5) is 13.8. The lowest BCUT2D eigenvalue weighted by molar-refractivity contribution is -0.123. The Bertz CT molecular complexity index is 638. The highest BCUT2D eigenvalue weighted by molar-refractivity contribution is 7.10. The summed E-state index contributed by atoms with van der Waals surface area (Å²) in [7, 11) is 0. The van der Waals surface area contributed by atoms with Crippen LogP contribution in [-0.2, 0) is 4.79 Å². The number of hydrogen-bond donors (Lipinski definition) is 2. The lowest BCUT2D eigenvalue weighted by atomic mass is 10.0. The molecule has 2 N–H and O–H groups in total. The van der Waals surface area contributed by atoms with Crippen LogP contribution in [0.3, 0.4) is 0 Å². The third-order valence-electron chi connectivity index (χ3n) is 4.30. The van der Waals surface area contributed by atoms with Gasteiger partial charge >= 0.3 is 0 Å². The first kappa shape index (κ1) is 15.3. The zero-order valence-electron chi connectivity index (χ0n) is 12.7. The number of aliphatic hydroxyl groups is 1. The number of rotatable bonds is 6. The van der Waals surface area contributed by atoms with Crippen molar-refractivity contribution in [2.45, 2.75) is 31.7 Å². The number of carbonyl (C=O) groups excluding carboxylic acids is 1. The van der Waals surface area contributed by atoms with Gasteiger partial charge < -0.3 is 10.4 Å². The van der Waals surface area contributed by atoms with Gasteiger partial charge in [0.2, 0.25) is 5.91 Å². The molecule has 2 aromatic rings. The molecule has 0 saturated heterocycles. The maximum Gasteiger partial charge on any atom is 0.224 e. The largest absolute Gasteiger partial charge is 0.396 e. The fourth-order valence-corrected chi connectivity index (χ4v) is 4.06. The van der Waals surface area contributed by atoms with E-state index in [-0.39, 0.29) is 24.5 Å². The van der Waals surface area contributed by atoms with Gasteiger partial charge in [0.25, 0.3) is 0 Å². The molecule has 4 heteroatoms. The van der Waals surface area contributed by atoms with E-state index in [0.29, 0.717) is 12.3 Å². The van der Waals surface area contributed by atoms with Crippen molar-refractivity contribution < 1.29 is 9.90 Å². The summed E-state index contributed by atoms with van der Waals surface area (Å²) in [5, 5.41) is 14.5. The van der Waals surface area contributed by atoms with Gasteiger partial charge in [-0.25, -0.2) is 0 Å². The van der Waals surface area contributed by atoms with Crippen molar-refractivity contribution >= 4 is 17.2 Å². The number of aryl methyl sites for hydroxylation is 1. The lowest BCUT2D eigenvalue weighted by Crippen LogP contribution is -2.30. The molecule has 1 saturated carbocycles. The molecular weight excluding hydrogens is 294 g/mol. The Kier molecular flexibility index (Phi) is 4.60. The Hall–Kier alpha value is -1.65. The molecule has 3 atom stereocenters. The monoisotopic (exact) mass is 315 g/mol. The van der Waals surface area contributed by atoms with Crippen molar-refractivity contribution in [2.24, 2.45) is 5.92 Å². The maximum absolute atomic E-state index is 12.5. The number of benzene rings is 1. The summed E-state index contributed by atoms with van der Waals surface area (Å²) in [6, 6.07) is 11.9. The number of carbonyl (C=O) groups is 1. The van der Waals surface area contributed by atoms with Crippen LogP contribution in [-0.4, -0.2) is 17.6 Å². The molecule has 22 heavy (non-hydrogen) atoms. The minimum Gasteiger partial charge on any atom is -0.396 e. The van der Waals surface area contributed by atoms with Crippen molar-refractivity contribution in [3.05, 3.63) is 57.8 Å². The second-order valence-electron chi connectivity index (χ2n) is 5.90. The van der Waals surface area contributed by atoms with Crippen LogP contribution in [0.2, 0.25) is 0 Å². The SMILES string of the molecule is Cc1ccsc1C1CC1C(=O)NC(CCO)c1ccccc1. The second-order valence-corrected chi connectivity index (χ2v) is 6.85. The number of nitrogens with one attached hydrogen (secondary N) is 1. The molecule has 1 aliphatic rings. The van der Waals surface area contributed by atoms with Crippen LogP contribution in [0.1, 0.15) is 40.8 Å². The smallest absolute Gasteiger partial charge is 0.224 e. The van der Waals surface area contributed by atoms with E-state index >= 15 is 0 Å². The predicted octanol–water partition coefficient (Wildman–Crippen LogP) is 3.40. The predicted molar refractivity (Wildman–Crippen MR) is 88.9 cm³/mol. The third-order valence-corrected chi connectivity index (χ3v) is 5.45. The Morgan fingerprint density at radius 2 is 2.14 bits per heavy atom. The quantitative estimate of drug-likeness (QED) is 0.858. The first-order valence-corrected chi connectivity index (χ1v) is 8.59. The number of hydrogen-bond acceptors (Lipinski definition) is 3. The van der Waals surface area contributed by atoms with Gasteiger partial charge in [0, 0.05) is 23.3 Å². The highest BCUT2D eigenvalue weighted by atomic mass is 32.1. The molecule has 1 aromatic heterocycles. The third kappa shape index (κ3) is 3.23. The van der Waals surface area contributed by atoms with Gasteiger partial charge in [-0.3, -0.25) is 4.79 Å². The topological polar surface area (TPSA) is 49.3 Å². The summed E-state index contributed by atoms with van der Waals surface area (Å²) >= 11 is 1.75. The highest BCUT2D eigenvalue weighted by Gasteiger charge is 2.45. The van der Waals surface area contributed by atoms with E-state index in [0.717, 1.165) is 12.0 Å². The maximum atomic E-state index is 12.5. The van der Waals surface area contributed by atoms with Gasteiger partial charge in [0.1, 0.15) is 0 Å². The normalized spacial score (nSPS) is 21.4. The molecule has 3 unspecified atom stereocenters. The first-order valence-electron chi connectivity index (χ1n) is 7.71. The van der Waals surface area contributed by atoms with E-state index in [1.807, 2.05) is 30.3 Å². The van der Waals surface area contributed by atoms with E-state index in [4.69, 9.17) is 0 Å². The van der Waals surface area contributed by atoms with Crippen molar-refractivity contribution in [1.29, 1.82) is 0 Å².